The number of hydrogen-bond acceptors (Lipinski definition) is 6. The number of halogens is 1. The maximum atomic E-state index is 14.3. The van der Waals surface area contributed by atoms with Crippen molar-refractivity contribution in [2.45, 2.75) is 72.4 Å². The molecule has 0 saturated heterocycles. The first-order chi connectivity index (χ1) is 22.3. The Hall–Kier alpha value is -3.92. The highest BCUT2D eigenvalue weighted by molar-refractivity contribution is 14.1. The van der Waals surface area contributed by atoms with E-state index in [0.717, 1.165) is 55.6 Å². The van der Waals surface area contributed by atoms with Crippen LogP contribution in [-0.4, -0.2) is 34.7 Å². The Morgan fingerprint density at radius 2 is 1.43 bits per heavy atom. The summed E-state index contributed by atoms with van der Waals surface area (Å²) in [4.78, 5) is 42.1. The van der Waals surface area contributed by atoms with Crippen molar-refractivity contribution < 1.29 is 29.0 Å². The highest BCUT2D eigenvalue weighted by atomic mass is 127. The molecule has 1 N–H and O–H groups in total. The second kappa shape index (κ2) is 12.6. The summed E-state index contributed by atoms with van der Waals surface area (Å²) in [6.07, 6.45) is 2.30. The average Bonchev–Trinajstić information content (AvgIpc) is 3.00. The van der Waals surface area contributed by atoms with Gasteiger partial charge in [-0.15, -0.1) is 0 Å². The molecule has 0 radical (unpaired) electrons. The summed E-state index contributed by atoms with van der Waals surface area (Å²) in [5.74, 6) is -0.246. The predicted molar refractivity (Wildman–Crippen MR) is 188 cm³/mol. The van der Waals surface area contributed by atoms with Gasteiger partial charge in [0.2, 0.25) is 0 Å². The Balaban J connectivity index is 1.47. The lowest BCUT2D eigenvalue weighted by molar-refractivity contribution is -0.119. The number of carbonyl (C=O) groups excluding carboxylic acids is 2. The Morgan fingerprint density at radius 1 is 0.851 bits per heavy atom. The number of benzene rings is 3. The van der Waals surface area contributed by atoms with Crippen LogP contribution in [0, 0.1) is 14.4 Å². The average molecular weight is 746 g/mol. The minimum Gasteiger partial charge on any atom is -0.493 e. The number of nitrogens with zero attached hydrogens (tertiary/aromatic N) is 1. The number of carboxylic acids is 1. The van der Waals surface area contributed by atoms with Crippen LogP contribution in [0.5, 0.6) is 11.5 Å². The zero-order valence-electron chi connectivity index (χ0n) is 27.5. The molecule has 47 heavy (non-hydrogen) atoms. The minimum atomic E-state index is -0.980. The van der Waals surface area contributed by atoms with Gasteiger partial charge in [0, 0.05) is 47.8 Å². The molecule has 0 saturated carbocycles. The molecule has 0 spiro atoms. The van der Waals surface area contributed by atoms with Gasteiger partial charge in [-0.25, -0.2) is 4.79 Å². The summed E-state index contributed by atoms with van der Waals surface area (Å²) in [5.41, 5.74) is 6.04. The quantitative estimate of drug-likeness (QED) is 0.232. The van der Waals surface area contributed by atoms with Crippen LogP contribution in [0.2, 0.25) is 0 Å². The van der Waals surface area contributed by atoms with E-state index in [2.05, 4.69) is 67.3 Å². The van der Waals surface area contributed by atoms with Gasteiger partial charge in [0.1, 0.15) is 6.61 Å². The number of ether oxygens (including phenoxy) is 2. The van der Waals surface area contributed by atoms with Crippen molar-refractivity contribution in [3.05, 3.63) is 115 Å². The van der Waals surface area contributed by atoms with E-state index < -0.39 is 11.9 Å². The summed E-state index contributed by atoms with van der Waals surface area (Å²) in [7, 11) is 1.59. The third kappa shape index (κ3) is 6.62. The topological polar surface area (TPSA) is 93.1 Å². The number of hydrogen-bond donors (Lipinski definition) is 1. The fourth-order valence-corrected chi connectivity index (χ4v) is 8.06. The lowest BCUT2D eigenvalue weighted by Crippen LogP contribution is -2.44. The van der Waals surface area contributed by atoms with Crippen molar-refractivity contribution in [3.8, 4) is 11.5 Å². The molecule has 8 heteroatoms. The molecular weight excluding hydrogens is 705 g/mol. The molecule has 0 unspecified atom stereocenters. The molecule has 3 aromatic carbocycles. The smallest absolute Gasteiger partial charge is 0.335 e. The molecule has 3 aliphatic rings. The van der Waals surface area contributed by atoms with Crippen molar-refractivity contribution in [3.63, 3.8) is 0 Å². The Kier molecular flexibility index (Phi) is 8.84. The first-order valence-electron chi connectivity index (χ1n) is 15.9. The van der Waals surface area contributed by atoms with Gasteiger partial charge in [0.05, 0.1) is 16.2 Å². The maximum Gasteiger partial charge on any atom is 0.335 e. The van der Waals surface area contributed by atoms with Crippen LogP contribution in [0.3, 0.4) is 0 Å². The van der Waals surface area contributed by atoms with Crippen molar-refractivity contribution in [1.29, 1.82) is 0 Å². The van der Waals surface area contributed by atoms with E-state index in [-0.39, 0.29) is 34.6 Å². The molecular formula is C39H40INO6. The summed E-state index contributed by atoms with van der Waals surface area (Å²) < 4.78 is 12.9. The lowest BCUT2D eigenvalue weighted by Gasteiger charge is -2.49. The summed E-state index contributed by atoms with van der Waals surface area (Å²) >= 11 is 2.23. The van der Waals surface area contributed by atoms with Crippen LogP contribution in [0.25, 0.3) is 0 Å². The molecule has 1 aliphatic heterocycles. The van der Waals surface area contributed by atoms with Gasteiger partial charge in [-0.2, -0.15) is 0 Å². The molecule has 7 nitrogen and oxygen atoms in total. The number of methoxy groups -OCH3 is 1. The second-order valence-corrected chi connectivity index (χ2v) is 15.6. The predicted octanol–water partition coefficient (Wildman–Crippen LogP) is 8.46. The molecule has 244 valence electrons. The number of ketones is 2. The van der Waals surface area contributed by atoms with Crippen LogP contribution in [0.15, 0.2) is 89.3 Å². The van der Waals surface area contributed by atoms with E-state index in [1.165, 1.54) is 0 Å². The third-order valence-electron chi connectivity index (χ3n) is 9.37. The summed E-state index contributed by atoms with van der Waals surface area (Å²) in [6.45, 7) is 9.42. The second-order valence-electron chi connectivity index (χ2n) is 14.4. The van der Waals surface area contributed by atoms with Crippen LogP contribution < -0.4 is 9.47 Å². The van der Waals surface area contributed by atoms with Crippen LogP contribution in [0.4, 0.5) is 0 Å². The van der Waals surface area contributed by atoms with Crippen molar-refractivity contribution in [2.75, 3.05) is 7.11 Å². The Morgan fingerprint density at radius 3 is 1.96 bits per heavy atom. The molecule has 3 aromatic rings. The Bertz CT molecular complexity index is 1770. The van der Waals surface area contributed by atoms with Crippen LogP contribution in [0.1, 0.15) is 86.3 Å². The number of rotatable bonds is 8. The van der Waals surface area contributed by atoms with E-state index in [1.54, 1.807) is 31.4 Å². The highest BCUT2D eigenvalue weighted by Gasteiger charge is 2.49. The number of aromatic carboxylic acids is 1. The van der Waals surface area contributed by atoms with Crippen molar-refractivity contribution in [1.82, 2.24) is 4.90 Å². The molecule has 0 amide bonds. The van der Waals surface area contributed by atoms with Gasteiger partial charge in [0.15, 0.2) is 23.1 Å². The van der Waals surface area contributed by atoms with Gasteiger partial charge >= 0.3 is 5.97 Å². The standard InChI is InChI=1S/C39H40INO6/c1-38(2)17-28-34(30(42)19-38)33(35-29(18-39(3,4)20-31(35)43)41(28)21-23-9-7-6-8-10-23)26-15-27(40)36(32(16-26)46-5)47-22-24-11-13-25(14-12-24)37(44)45/h6-16,33H,17-22H2,1-5H3,(H,44,45). The number of allylic oxidation sites excluding steroid dienone is 4. The normalized spacial score (nSPS) is 19.0. The van der Waals surface area contributed by atoms with Gasteiger partial charge in [-0.1, -0.05) is 70.2 Å². The number of Topliss-reactive ketones (excluding diaryl/α,β-unsaturated/α-hetero) is 2. The Labute approximate surface area is 289 Å². The molecule has 1 heterocycles. The first kappa shape index (κ1) is 33.0. The lowest BCUT2D eigenvalue weighted by atomic mass is 9.63. The minimum absolute atomic E-state index is 0.0857. The van der Waals surface area contributed by atoms with Gasteiger partial charge in [-0.3, -0.25) is 9.59 Å². The molecule has 2 aliphatic carbocycles. The summed E-state index contributed by atoms with van der Waals surface area (Å²) in [6, 6.07) is 20.8. The first-order valence-corrected chi connectivity index (χ1v) is 17.0. The third-order valence-corrected chi connectivity index (χ3v) is 10.2. The number of carbonyl (C=O) groups is 3. The van der Waals surface area contributed by atoms with Crippen molar-refractivity contribution in [2.24, 2.45) is 10.8 Å². The molecule has 0 atom stereocenters. The van der Waals surface area contributed by atoms with Crippen molar-refractivity contribution >= 4 is 40.1 Å². The molecule has 0 bridgehead atoms. The fraction of sp³-hybridized carbons (Fsp3) is 0.359. The maximum absolute atomic E-state index is 14.3. The van der Waals surface area contributed by atoms with E-state index >= 15 is 0 Å². The van der Waals surface area contributed by atoms with Gasteiger partial charge in [0.25, 0.3) is 0 Å². The largest absolute Gasteiger partial charge is 0.493 e. The van der Waals surface area contributed by atoms with Gasteiger partial charge in [-0.05, 0) is 87.2 Å². The monoisotopic (exact) mass is 745 g/mol. The molecule has 0 aromatic heterocycles. The van der Waals surface area contributed by atoms with E-state index in [9.17, 15) is 19.5 Å². The van der Waals surface area contributed by atoms with Crippen LogP contribution >= 0.6 is 22.6 Å². The highest BCUT2D eigenvalue weighted by Crippen LogP contribution is 2.55. The van der Waals surface area contributed by atoms with E-state index in [0.29, 0.717) is 30.9 Å². The fourth-order valence-electron chi connectivity index (χ4n) is 7.28. The van der Waals surface area contributed by atoms with Crippen LogP contribution in [-0.2, 0) is 22.7 Å². The molecule has 0 fully saturated rings. The van der Waals surface area contributed by atoms with E-state index in [4.69, 9.17) is 9.47 Å². The number of carboxylic acid groups (broad SMARTS) is 1. The zero-order valence-corrected chi connectivity index (χ0v) is 29.6. The summed E-state index contributed by atoms with van der Waals surface area (Å²) in [5, 5.41) is 9.23. The molecule has 6 rings (SSSR count). The SMILES string of the molecule is COc1cc(C2C3=C(CC(C)(C)CC3=O)N(Cc3ccccc3)C3=C2C(=O)CC(C)(C)C3)cc(I)c1OCc1ccc(C(=O)O)cc1. The zero-order chi connectivity index (χ0) is 33.7. The van der Waals surface area contributed by atoms with Gasteiger partial charge < -0.3 is 19.5 Å². The van der Waals surface area contributed by atoms with E-state index in [1.807, 2.05) is 30.3 Å².